The van der Waals surface area contributed by atoms with Gasteiger partial charge in [-0.2, -0.15) is 0 Å². The molecule has 19 heavy (non-hydrogen) atoms. The number of carboxylic acids is 1. The van der Waals surface area contributed by atoms with Gasteiger partial charge in [0.1, 0.15) is 0 Å². The molecule has 2 aliphatic carbocycles. The van der Waals surface area contributed by atoms with E-state index in [1.165, 1.54) is 32.0 Å². The Kier molecular flexibility index (Phi) is 3.00. The minimum Gasteiger partial charge on any atom is -0.477 e. The van der Waals surface area contributed by atoms with E-state index in [1.54, 1.807) is 4.90 Å². The van der Waals surface area contributed by atoms with Crippen LogP contribution in [0.4, 0.5) is 0 Å². The third-order valence-electron chi connectivity index (χ3n) is 3.69. The second kappa shape index (κ2) is 4.68. The number of hydrogen-bond acceptors (Lipinski definition) is 3. The highest BCUT2D eigenvalue weighted by atomic mass is 16.4. The molecule has 102 valence electrons. The molecule has 0 aliphatic heterocycles. The summed E-state index contributed by atoms with van der Waals surface area (Å²) >= 11 is 0. The minimum atomic E-state index is -1.14. The van der Waals surface area contributed by atoms with E-state index in [0.717, 1.165) is 13.1 Å². The van der Waals surface area contributed by atoms with E-state index < -0.39 is 5.97 Å². The second-order valence-electron chi connectivity index (χ2n) is 5.53. The van der Waals surface area contributed by atoms with Crippen molar-refractivity contribution in [1.29, 1.82) is 0 Å². The molecule has 2 aliphatic rings. The van der Waals surface area contributed by atoms with Crippen molar-refractivity contribution in [3.05, 3.63) is 17.7 Å². The van der Waals surface area contributed by atoms with Crippen molar-refractivity contribution >= 4 is 11.9 Å². The van der Waals surface area contributed by atoms with Gasteiger partial charge < -0.3 is 15.0 Å². The van der Waals surface area contributed by atoms with Crippen LogP contribution in [0.2, 0.25) is 0 Å². The Morgan fingerprint density at radius 2 is 1.84 bits per heavy atom. The van der Waals surface area contributed by atoms with Gasteiger partial charge in [-0.1, -0.05) is 0 Å². The molecule has 0 bridgehead atoms. The third kappa shape index (κ3) is 2.77. The van der Waals surface area contributed by atoms with Crippen LogP contribution >= 0.6 is 0 Å². The number of carbonyl (C=O) groups excluding carboxylic acids is 1. The Morgan fingerprint density at radius 3 is 2.32 bits per heavy atom. The molecule has 2 fully saturated rings. The monoisotopic (exact) mass is 263 g/mol. The summed E-state index contributed by atoms with van der Waals surface area (Å²) in [6.07, 6.45) is 5.94. The number of amides is 1. The molecule has 0 aromatic carbocycles. The summed E-state index contributed by atoms with van der Waals surface area (Å²) in [5, 5.41) is 9.03. The predicted molar refractivity (Wildman–Crippen MR) is 66.9 cm³/mol. The zero-order valence-corrected chi connectivity index (χ0v) is 10.6. The lowest BCUT2D eigenvalue weighted by Gasteiger charge is -2.21. The molecule has 1 aromatic heterocycles. The van der Waals surface area contributed by atoms with Crippen molar-refractivity contribution in [2.75, 3.05) is 13.1 Å². The summed E-state index contributed by atoms with van der Waals surface area (Å²) in [5.74, 6) is -0.207. The fourth-order valence-electron chi connectivity index (χ4n) is 2.23. The summed E-state index contributed by atoms with van der Waals surface area (Å²) in [5.41, 5.74) is -0.0737. The molecule has 0 spiro atoms. The molecule has 1 aromatic rings. The van der Waals surface area contributed by atoms with Gasteiger partial charge in [-0.15, -0.1) is 0 Å². The Bertz CT molecular complexity index is 489. The molecule has 2 N–H and O–H groups in total. The number of nitrogens with one attached hydrogen (secondary N) is 1. The van der Waals surface area contributed by atoms with E-state index in [-0.39, 0.29) is 17.3 Å². The minimum absolute atomic E-state index is 0.0359. The quantitative estimate of drug-likeness (QED) is 0.811. The highest BCUT2D eigenvalue weighted by molar-refractivity contribution is 6.02. The number of aromatic nitrogens is 2. The van der Waals surface area contributed by atoms with Gasteiger partial charge in [0.25, 0.3) is 5.91 Å². The largest absolute Gasteiger partial charge is 0.477 e. The van der Waals surface area contributed by atoms with Gasteiger partial charge in [0.15, 0.2) is 11.4 Å². The van der Waals surface area contributed by atoms with E-state index in [4.69, 9.17) is 5.11 Å². The smallest absolute Gasteiger partial charge is 0.354 e. The molecule has 6 nitrogen and oxygen atoms in total. The molecule has 1 heterocycles. The van der Waals surface area contributed by atoms with Crippen LogP contribution in [0.15, 0.2) is 6.33 Å². The van der Waals surface area contributed by atoms with Crippen molar-refractivity contribution in [1.82, 2.24) is 14.9 Å². The van der Waals surface area contributed by atoms with Gasteiger partial charge in [0.05, 0.1) is 6.33 Å². The Balaban J connectivity index is 1.77. The lowest BCUT2D eigenvalue weighted by atomic mass is 10.2. The summed E-state index contributed by atoms with van der Waals surface area (Å²) in [6.45, 7) is 1.47. The van der Waals surface area contributed by atoms with E-state index in [2.05, 4.69) is 9.97 Å². The maximum Gasteiger partial charge on any atom is 0.354 e. The van der Waals surface area contributed by atoms with Crippen molar-refractivity contribution in [2.24, 2.45) is 11.8 Å². The number of carboxylic acid groups (broad SMARTS) is 1. The van der Waals surface area contributed by atoms with Gasteiger partial charge >= 0.3 is 5.97 Å². The van der Waals surface area contributed by atoms with Gasteiger partial charge in [-0.05, 0) is 37.5 Å². The van der Waals surface area contributed by atoms with Crippen LogP contribution in [-0.4, -0.2) is 44.9 Å². The number of rotatable bonds is 6. The average molecular weight is 263 g/mol. The van der Waals surface area contributed by atoms with E-state index in [9.17, 15) is 9.59 Å². The highest BCUT2D eigenvalue weighted by Gasteiger charge is 2.33. The van der Waals surface area contributed by atoms with Crippen LogP contribution in [0.3, 0.4) is 0 Å². The summed E-state index contributed by atoms with van der Waals surface area (Å²) in [7, 11) is 0. The SMILES string of the molecule is O=C(O)c1[nH]cnc1C(=O)N(CC1CC1)CC1CC1. The van der Waals surface area contributed by atoms with Crippen LogP contribution in [-0.2, 0) is 0 Å². The Morgan fingerprint density at radius 1 is 1.26 bits per heavy atom. The summed E-state index contributed by atoms with van der Waals surface area (Å²) in [4.78, 5) is 31.7. The van der Waals surface area contributed by atoms with Crippen LogP contribution in [0.5, 0.6) is 0 Å². The topological polar surface area (TPSA) is 86.3 Å². The number of H-pyrrole nitrogens is 1. The molecular formula is C13H17N3O3. The van der Waals surface area contributed by atoms with Crippen LogP contribution in [0.1, 0.15) is 46.7 Å². The van der Waals surface area contributed by atoms with Crippen LogP contribution in [0, 0.1) is 11.8 Å². The molecule has 6 heteroatoms. The van der Waals surface area contributed by atoms with Crippen molar-refractivity contribution in [3.63, 3.8) is 0 Å². The molecule has 0 unspecified atom stereocenters. The molecule has 0 radical (unpaired) electrons. The van der Waals surface area contributed by atoms with Gasteiger partial charge in [0, 0.05) is 13.1 Å². The Hall–Kier alpha value is -1.85. The standard InChI is InChI=1S/C13H17N3O3/c17-12(10-11(13(18)19)15-7-14-10)16(5-8-1-2-8)6-9-3-4-9/h7-9H,1-6H2,(H,14,15)(H,18,19). The number of aromatic carboxylic acids is 1. The zero-order chi connectivity index (χ0) is 13.4. The van der Waals surface area contributed by atoms with Gasteiger partial charge in [-0.3, -0.25) is 4.79 Å². The second-order valence-corrected chi connectivity index (χ2v) is 5.53. The van der Waals surface area contributed by atoms with Crippen molar-refractivity contribution < 1.29 is 14.7 Å². The fourth-order valence-corrected chi connectivity index (χ4v) is 2.23. The molecule has 0 atom stereocenters. The summed E-state index contributed by atoms with van der Waals surface area (Å²) < 4.78 is 0. The third-order valence-corrected chi connectivity index (χ3v) is 3.69. The van der Waals surface area contributed by atoms with E-state index in [1.807, 2.05) is 0 Å². The first-order chi connectivity index (χ1) is 9.15. The number of hydrogen-bond donors (Lipinski definition) is 2. The van der Waals surface area contributed by atoms with Gasteiger partial charge in [0.2, 0.25) is 0 Å². The first kappa shape index (κ1) is 12.2. The molecule has 3 rings (SSSR count). The number of nitrogens with zero attached hydrogens (tertiary/aromatic N) is 2. The van der Waals surface area contributed by atoms with Crippen LogP contribution < -0.4 is 0 Å². The lowest BCUT2D eigenvalue weighted by Crippen LogP contribution is -2.35. The number of aromatic amines is 1. The normalized spacial score (nSPS) is 18.3. The lowest BCUT2D eigenvalue weighted by molar-refractivity contribution is 0.0664. The van der Waals surface area contributed by atoms with Crippen molar-refractivity contribution in [3.8, 4) is 0 Å². The molecular weight excluding hydrogens is 246 g/mol. The maximum absolute atomic E-state index is 12.4. The number of carbonyl (C=O) groups is 2. The van der Waals surface area contributed by atoms with E-state index >= 15 is 0 Å². The molecule has 0 saturated heterocycles. The highest BCUT2D eigenvalue weighted by Crippen LogP contribution is 2.34. The summed E-state index contributed by atoms with van der Waals surface area (Å²) in [6, 6.07) is 0. The fraction of sp³-hybridized carbons (Fsp3) is 0.615. The average Bonchev–Trinajstić information content (AvgIpc) is 3.29. The first-order valence-corrected chi connectivity index (χ1v) is 6.71. The van der Waals surface area contributed by atoms with Crippen LogP contribution in [0.25, 0.3) is 0 Å². The molecule has 2 saturated carbocycles. The maximum atomic E-state index is 12.4. The molecule has 1 amide bonds. The number of imidazole rings is 1. The van der Waals surface area contributed by atoms with Gasteiger partial charge in [-0.25, -0.2) is 9.78 Å². The van der Waals surface area contributed by atoms with E-state index in [0.29, 0.717) is 11.8 Å². The first-order valence-electron chi connectivity index (χ1n) is 6.71. The Labute approximate surface area is 110 Å². The van der Waals surface area contributed by atoms with Crippen molar-refractivity contribution in [2.45, 2.75) is 25.7 Å². The predicted octanol–water partition coefficient (Wildman–Crippen LogP) is 1.37. The zero-order valence-electron chi connectivity index (χ0n) is 10.6.